The van der Waals surface area contributed by atoms with Gasteiger partial charge in [-0.2, -0.15) is 0 Å². The SMILES string of the molecule is Cc1ccc(OCC(=O)Nc2nc(-c3ccc(F)cc3)cs2)c(C)c1. The number of thiazole rings is 1. The predicted octanol–water partition coefficient (Wildman–Crippen LogP) is 4.58. The number of ether oxygens (including phenoxy) is 1. The summed E-state index contributed by atoms with van der Waals surface area (Å²) >= 11 is 1.31. The number of rotatable bonds is 5. The van der Waals surface area contributed by atoms with E-state index in [-0.39, 0.29) is 18.3 Å². The zero-order chi connectivity index (χ0) is 17.8. The maximum atomic E-state index is 13.0. The second kappa shape index (κ2) is 7.44. The summed E-state index contributed by atoms with van der Waals surface area (Å²) in [4.78, 5) is 16.4. The molecule has 0 fully saturated rings. The number of halogens is 1. The lowest BCUT2D eigenvalue weighted by atomic mass is 10.1. The fourth-order valence-corrected chi connectivity index (χ4v) is 3.08. The quantitative estimate of drug-likeness (QED) is 0.728. The molecular formula is C19H17FN2O2S. The minimum atomic E-state index is -0.295. The molecule has 0 atom stereocenters. The first-order valence-electron chi connectivity index (χ1n) is 7.72. The van der Waals surface area contributed by atoms with Gasteiger partial charge in [-0.15, -0.1) is 11.3 Å². The van der Waals surface area contributed by atoms with Gasteiger partial charge in [0, 0.05) is 10.9 Å². The molecule has 6 heteroatoms. The second-order valence-electron chi connectivity index (χ2n) is 5.65. The molecule has 1 N–H and O–H groups in total. The Morgan fingerprint density at radius 1 is 1.20 bits per heavy atom. The number of hydrogen-bond donors (Lipinski definition) is 1. The summed E-state index contributed by atoms with van der Waals surface area (Å²) in [5.74, 6) is 0.114. The third-order valence-electron chi connectivity index (χ3n) is 3.58. The van der Waals surface area contributed by atoms with E-state index in [1.807, 2.05) is 37.4 Å². The Bertz CT molecular complexity index is 891. The van der Waals surface area contributed by atoms with Crippen molar-refractivity contribution in [3.8, 4) is 17.0 Å². The topological polar surface area (TPSA) is 51.2 Å². The minimum Gasteiger partial charge on any atom is -0.483 e. The summed E-state index contributed by atoms with van der Waals surface area (Å²) in [5, 5.41) is 5.01. The largest absolute Gasteiger partial charge is 0.483 e. The molecule has 0 unspecified atom stereocenters. The lowest BCUT2D eigenvalue weighted by Crippen LogP contribution is -2.20. The van der Waals surface area contributed by atoms with Crippen molar-refractivity contribution in [2.75, 3.05) is 11.9 Å². The van der Waals surface area contributed by atoms with Crippen molar-refractivity contribution in [3.63, 3.8) is 0 Å². The van der Waals surface area contributed by atoms with Crippen LogP contribution in [-0.4, -0.2) is 17.5 Å². The molecule has 0 aliphatic heterocycles. The molecule has 128 valence electrons. The van der Waals surface area contributed by atoms with Crippen LogP contribution in [0.15, 0.2) is 47.8 Å². The summed E-state index contributed by atoms with van der Waals surface area (Å²) in [5.41, 5.74) is 3.62. The Kier molecular flexibility index (Phi) is 5.09. The molecule has 1 heterocycles. The average molecular weight is 356 g/mol. The molecule has 0 radical (unpaired) electrons. The van der Waals surface area contributed by atoms with Crippen LogP contribution in [0.2, 0.25) is 0 Å². The van der Waals surface area contributed by atoms with Crippen molar-refractivity contribution in [1.82, 2.24) is 4.98 Å². The summed E-state index contributed by atoms with van der Waals surface area (Å²) < 4.78 is 18.5. The van der Waals surface area contributed by atoms with Gasteiger partial charge in [-0.1, -0.05) is 17.7 Å². The van der Waals surface area contributed by atoms with Gasteiger partial charge < -0.3 is 4.74 Å². The van der Waals surface area contributed by atoms with Crippen molar-refractivity contribution < 1.29 is 13.9 Å². The lowest BCUT2D eigenvalue weighted by molar-refractivity contribution is -0.118. The molecule has 0 bridgehead atoms. The van der Waals surface area contributed by atoms with E-state index in [1.54, 1.807) is 12.1 Å². The first kappa shape index (κ1) is 17.1. The summed E-state index contributed by atoms with van der Waals surface area (Å²) in [6.07, 6.45) is 0. The predicted molar refractivity (Wildman–Crippen MR) is 97.5 cm³/mol. The monoisotopic (exact) mass is 356 g/mol. The Morgan fingerprint density at radius 3 is 2.68 bits per heavy atom. The molecule has 25 heavy (non-hydrogen) atoms. The number of hydrogen-bond acceptors (Lipinski definition) is 4. The summed E-state index contributed by atoms with van der Waals surface area (Å²) in [7, 11) is 0. The molecule has 1 aromatic heterocycles. The van der Waals surface area contributed by atoms with E-state index < -0.39 is 0 Å². The molecular weight excluding hydrogens is 339 g/mol. The number of nitrogens with zero attached hydrogens (tertiary/aromatic N) is 1. The Balaban J connectivity index is 1.59. The van der Waals surface area contributed by atoms with Gasteiger partial charge in [0.1, 0.15) is 11.6 Å². The zero-order valence-electron chi connectivity index (χ0n) is 13.9. The summed E-state index contributed by atoms with van der Waals surface area (Å²) in [6.45, 7) is 3.86. The van der Waals surface area contributed by atoms with Crippen LogP contribution in [0.3, 0.4) is 0 Å². The van der Waals surface area contributed by atoms with Gasteiger partial charge in [0.15, 0.2) is 11.7 Å². The molecule has 0 saturated carbocycles. The Hall–Kier alpha value is -2.73. The van der Waals surface area contributed by atoms with Crippen LogP contribution in [-0.2, 0) is 4.79 Å². The maximum absolute atomic E-state index is 13.0. The molecule has 2 aromatic carbocycles. The zero-order valence-corrected chi connectivity index (χ0v) is 14.7. The third kappa shape index (κ3) is 4.42. The van der Waals surface area contributed by atoms with Gasteiger partial charge >= 0.3 is 0 Å². The normalized spacial score (nSPS) is 10.5. The van der Waals surface area contributed by atoms with Crippen LogP contribution in [0.25, 0.3) is 11.3 Å². The van der Waals surface area contributed by atoms with Crippen LogP contribution in [0.1, 0.15) is 11.1 Å². The van der Waals surface area contributed by atoms with E-state index in [0.717, 1.165) is 16.7 Å². The van der Waals surface area contributed by atoms with Gasteiger partial charge in [0.25, 0.3) is 5.91 Å². The Morgan fingerprint density at radius 2 is 1.96 bits per heavy atom. The molecule has 3 rings (SSSR count). The van der Waals surface area contributed by atoms with Crippen LogP contribution >= 0.6 is 11.3 Å². The maximum Gasteiger partial charge on any atom is 0.264 e. The first-order chi connectivity index (χ1) is 12.0. The van der Waals surface area contributed by atoms with Crippen LogP contribution in [0.4, 0.5) is 9.52 Å². The molecule has 0 spiro atoms. The first-order valence-corrected chi connectivity index (χ1v) is 8.60. The van der Waals surface area contributed by atoms with E-state index in [1.165, 1.54) is 23.5 Å². The molecule has 0 aliphatic carbocycles. The smallest absolute Gasteiger partial charge is 0.264 e. The van der Waals surface area contributed by atoms with Gasteiger partial charge in [-0.25, -0.2) is 9.37 Å². The number of nitrogens with one attached hydrogen (secondary N) is 1. The molecule has 3 aromatic rings. The standard InChI is InChI=1S/C19H17FN2O2S/c1-12-3-8-17(13(2)9-12)24-10-18(23)22-19-21-16(11-25-19)14-4-6-15(20)7-5-14/h3-9,11H,10H2,1-2H3,(H,21,22,23). The highest BCUT2D eigenvalue weighted by Crippen LogP contribution is 2.25. The highest BCUT2D eigenvalue weighted by molar-refractivity contribution is 7.14. The van der Waals surface area contributed by atoms with Crippen LogP contribution in [0, 0.1) is 19.7 Å². The Labute approximate surface area is 149 Å². The fraction of sp³-hybridized carbons (Fsp3) is 0.158. The van der Waals surface area contributed by atoms with Crippen molar-refractivity contribution in [2.24, 2.45) is 0 Å². The minimum absolute atomic E-state index is 0.0879. The van der Waals surface area contributed by atoms with E-state index in [9.17, 15) is 9.18 Å². The van der Waals surface area contributed by atoms with Gasteiger partial charge in [0.05, 0.1) is 5.69 Å². The van der Waals surface area contributed by atoms with Crippen LogP contribution < -0.4 is 10.1 Å². The van der Waals surface area contributed by atoms with E-state index >= 15 is 0 Å². The fourth-order valence-electron chi connectivity index (χ4n) is 2.34. The van der Waals surface area contributed by atoms with Gasteiger partial charge in [0.2, 0.25) is 0 Å². The van der Waals surface area contributed by atoms with Crippen LogP contribution in [0.5, 0.6) is 5.75 Å². The number of aryl methyl sites for hydroxylation is 2. The van der Waals surface area contributed by atoms with E-state index in [2.05, 4.69) is 10.3 Å². The van der Waals surface area contributed by atoms with Crippen molar-refractivity contribution in [3.05, 3.63) is 64.8 Å². The highest BCUT2D eigenvalue weighted by atomic mass is 32.1. The lowest BCUT2D eigenvalue weighted by Gasteiger charge is -2.09. The summed E-state index contributed by atoms with van der Waals surface area (Å²) in [6, 6.07) is 11.9. The number of benzene rings is 2. The number of carbonyl (C=O) groups excluding carboxylic acids is 1. The number of amides is 1. The highest BCUT2D eigenvalue weighted by Gasteiger charge is 2.10. The second-order valence-corrected chi connectivity index (χ2v) is 6.51. The molecule has 0 saturated heterocycles. The molecule has 4 nitrogen and oxygen atoms in total. The number of carbonyl (C=O) groups is 1. The number of anilines is 1. The van der Waals surface area contributed by atoms with Crippen molar-refractivity contribution in [1.29, 1.82) is 0 Å². The molecule has 0 aliphatic rings. The molecule has 1 amide bonds. The van der Waals surface area contributed by atoms with Crippen molar-refractivity contribution in [2.45, 2.75) is 13.8 Å². The third-order valence-corrected chi connectivity index (χ3v) is 4.34. The van der Waals surface area contributed by atoms with Gasteiger partial charge in [-0.05, 0) is 49.7 Å². The number of aromatic nitrogens is 1. The average Bonchev–Trinajstić information content (AvgIpc) is 3.03. The van der Waals surface area contributed by atoms with E-state index in [0.29, 0.717) is 16.6 Å². The van der Waals surface area contributed by atoms with Gasteiger partial charge in [-0.3, -0.25) is 10.1 Å². The van der Waals surface area contributed by atoms with E-state index in [4.69, 9.17) is 4.74 Å². The van der Waals surface area contributed by atoms with Crippen molar-refractivity contribution >= 4 is 22.4 Å².